The zero-order chi connectivity index (χ0) is 19.0. The van der Waals surface area contributed by atoms with Crippen LogP contribution in [-0.4, -0.2) is 24.5 Å². The Hall–Kier alpha value is -3.35. The molecule has 7 heteroatoms. The predicted molar refractivity (Wildman–Crippen MR) is 96.6 cm³/mol. The Balaban J connectivity index is 1.45. The van der Waals surface area contributed by atoms with E-state index in [4.69, 9.17) is 9.47 Å². The first-order valence-electron chi connectivity index (χ1n) is 8.69. The van der Waals surface area contributed by atoms with Gasteiger partial charge >= 0.3 is 0 Å². The molecule has 0 spiro atoms. The molecule has 1 N–H and O–H groups in total. The lowest BCUT2D eigenvalue weighted by Gasteiger charge is -2.16. The van der Waals surface area contributed by atoms with Crippen molar-refractivity contribution < 1.29 is 23.9 Å². The van der Waals surface area contributed by atoms with Gasteiger partial charge in [0, 0.05) is 18.4 Å². The van der Waals surface area contributed by atoms with Crippen molar-refractivity contribution in [3.05, 3.63) is 53.6 Å². The molecule has 0 unspecified atom stereocenters. The Morgan fingerprint density at radius 1 is 1.00 bits per heavy atom. The van der Waals surface area contributed by atoms with Gasteiger partial charge in [0.2, 0.25) is 18.6 Å². The summed E-state index contributed by atoms with van der Waals surface area (Å²) in [6.45, 7) is 2.08. The normalized spacial score (nSPS) is 16.6. The number of imide groups is 1. The number of nitrogens with zero attached hydrogens (tertiary/aromatic N) is 1. The molecule has 1 fully saturated rings. The average Bonchev–Trinajstić information content (AvgIpc) is 3.27. The van der Waals surface area contributed by atoms with Crippen molar-refractivity contribution in [3.63, 3.8) is 0 Å². The van der Waals surface area contributed by atoms with E-state index >= 15 is 0 Å². The number of benzene rings is 2. The minimum atomic E-state index is -0.245. The third-order valence-corrected chi connectivity index (χ3v) is 4.68. The average molecular weight is 366 g/mol. The molecule has 138 valence electrons. The van der Waals surface area contributed by atoms with Gasteiger partial charge < -0.3 is 14.8 Å². The second-order valence-electron chi connectivity index (χ2n) is 6.48. The lowest BCUT2D eigenvalue weighted by molar-refractivity contribution is -0.121. The fraction of sp³-hybridized carbons (Fsp3) is 0.250. The molecule has 0 aromatic heterocycles. The lowest BCUT2D eigenvalue weighted by Crippen LogP contribution is -2.29. The second-order valence-corrected chi connectivity index (χ2v) is 6.48. The highest BCUT2D eigenvalue weighted by Gasteiger charge is 2.30. The van der Waals surface area contributed by atoms with E-state index in [1.807, 2.05) is 25.1 Å². The van der Waals surface area contributed by atoms with Crippen molar-refractivity contribution in [1.29, 1.82) is 0 Å². The molecule has 7 nitrogen and oxygen atoms in total. The quantitative estimate of drug-likeness (QED) is 0.841. The Labute approximate surface area is 155 Å². The minimum absolute atomic E-state index is 0.202. The number of carbonyl (C=O) groups excluding carboxylic acids is 3. The molecule has 4 rings (SSSR count). The van der Waals surface area contributed by atoms with E-state index in [-0.39, 0.29) is 43.4 Å². The van der Waals surface area contributed by atoms with Gasteiger partial charge in [-0.1, -0.05) is 6.07 Å². The van der Waals surface area contributed by atoms with Crippen LogP contribution >= 0.6 is 0 Å². The van der Waals surface area contributed by atoms with E-state index in [1.54, 1.807) is 24.3 Å². The van der Waals surface area contributed by atoms with Crippen LogP contribution in [-0.2, 0) is 9.59 Å². The van der Waals surface area contributed by atoms with Crippen molar-refractivity contribution in [2.24, 2.45) is 0 Å². The molecule has 2 aliphatic rings. The first kappa shape index (κ1) is 17.1. The summed E-state index contributed by atoms with van der Waals surface area (Å²) >= 11 is 0. The van der Waals surface area contributed by atoms with Gasteiger partial charge in [-0.3, -0.25) is 19.3 Å². The molecule has 1 atom stereocenters. The van der Waals surface area contributed by atoms with E-state index in [9.17, 15) is 14.4 Å². The van der Waals surface area contributed by atoms with Crippen LogP contribution < -0.4 is 19.7 Å². The highest BCUT2D eigenvalue weighted by molar-refractivity contribution is 6.19. The van der Waals surface area contributed by atoms with E-state index in [1.165, 1.54) is 0 Å². The van der Waals surface area contributed by atoms with Crippen molar-refractivity contribution in [2.75, 3.05) is 11.7 Å². The Bertz CT molecular complexity index is 906. The summed E-state index contributed by atoms with van der Waals surface area (Å²) in [5.74, 6) is 0.685. The Morgan fingerprint density at radius 2 is 1.67 bits per heavy atom. The van der Waals surface area contributed by atoms with Gasteiger partial charge in [-0.15, -0.1) is 0 Å². The fourth-order valence-electron chi connectivity index (χ4n) is 3.17. The number of carbonyl (C=O) groups is 3. The van der Waals surface area contributed by atoms with Gasteiger partial charge in [0.25, 0.3) is 5.91 Å². The zero-order valence-corrected chi connectivity index (χ0v) is 14.7. The van der Waals surface area contributed by atoms with Crippen LogP contribution in [0.2, 0.25) is 0 Å². The first-order chi connectivity index (χ1) is 13.0. The highest BCUT2D eigenvalue weighted by atomic mass is 16.7. The summed E-state index contributed by atoms with van der Waals surface area (Å²) in [5, 5.41) is 2.93. The number of rotatable bonds is 4. The molecule has 0 aliphatic carbocycles. The third kappa shape index (κ3) is 3.23. The SMILES string of the molecule is C[C@@H](NC(=O)c1ccc(N2C(=O)CCC2=O)cc1)c1ccc2c(c1)OCO2. The molecule has 2 aliphatic heterocycles. The first-order valence-corrected chi connectivity index (χ1v) is 8.69. The number of nitrogens with one attached hydrogen (secondary N) is 1. The van der Waals surface area contributed by atoms with Crippen LogP contribution in [0.5, 0.6) is 11.5 Å². The summed E-state index contributed by atoms with van der Waals surface area (Å²) in [5.41, 5.74) is 1.84. The summed E-state index contributed by atoms with van der Waals surface area (Å²) in [4.78, 5) is 37.3. The molecule has 2 aromatic carbocycles. The largest absolute Gasteiger partial charge is 0.454 e. The fourth-order valence-corrected chi connectivity index (χ4v) is 3.17. The summed E-state index contributed by atoms with van der Waals surface area (Å²) < 4.78 is 10.7. The second kappa shape index (κ2) is 6.75. The van der Waals surface area contributed by atoms with Crippen LogP contribution in [0.15, 0.2) is 42.5 Å². The molecule has 27 heavy (non-hydrogen) atoms. The number of hydrogen-bond acceptors (Lipinski definition) is 5. The summed E-state index contributed by atoms with van der Waals surface area (Å²) in [7, 11) is 0. The van der Waals surface area contributed by atoms with E-state index in [0.29, 0.717) is 22.7 Å². The van der Waals surface area contributed by atoms with E-state index < -0.39 is 0 Å². The van der Waals surface area contributed by atoms with Gasteiger partial charge in [-0.25, -0.2) is 0 Å². The van der Waals surface area contributed by atoms with Gasteiger partial charge in [0.1, 0.15) is 0 Å². The molecule has 0 saturated carbocycles. The van der Waals surface area contributed by atoms with Gasteiger partial charge in [0.15, 0.2) is 11.5 Å². The third-order valence-electron chi connectivity index (χ3n) is 4.68. The zero-order valence-electron chi connectivity index (χ0n) is 14.7. The van der Waals surface area contributed by atoms with Crippen molar-refractivity contribution in [1.82, 2.24) is 5.32 Å². The maximum Gasteiger partial charge on any atom is 0.251 e. The van der Waals surface area contributed by atoms with Crippen LogP contribution in [0.3, 0.4) is 0 Å². The number of hydrogen-bond donors (Lipinski definition) is 1. The molecular weight excluding hydrogens is 348 g/mol. The topological polar surface area (TPSA) is 84.9 Å². The standard InChI is InChI=1S/C20H18N2O5/c1-12(14-4-7-16-17(10-14)27-11-26-16)21-20(25)13-2-5-15(6-3-13)22-18(23)8-9-19(22)24/h2-7,10,12H,8-9,11H2,1H3,(H,21,25)/t12-/m1/s1. The van der Waals surface area contributed by atoms with E-state index in [2.05, 4.69) is 5.32 Å². The maximum absolute atomic E-state index is 12.5. The van der Waals surface area contributed by atoms with Gasteiger partial charge in [-0.05, 0) is 48.9 Å². The molecule has 1 saturated heterocycles. The van der Waals surface area contributed by atoms with Crippen molar-refractivity contribution in [2.45, 2.75) is 25.8 Å². The van der Waals surface area contributed by atoms with Crippen LogP contribution in [0, 0.1) is 0 Å². The Morgan fingerprint density at radius 3 is 2.37 bits per heavy atom. The Kier molecular flexibility index (Phi) is 4.27. The molecule has 2 aromatic rings. The van der Waals surface area contributed by atoms with E-state index in [0.717, 1.165) is 10.5 Å². The monoisotopic (exact) mass is 366 g/mol. The van der Waals surface area contributed by atoms with Crippen LogP contribution in [0.1, 0.15) is 41.7 Å². The summed E-state index contributed by atoms with van der Waals surface area (Å²) in [6, 6.07) is 11.8. The number of ether oxygens (including phenoxy) is 2. The number of fused-ring (bicyclic) bond motifs is 1. The summed E-state index contributed by atoms with van der Waals surface area (Å²) in [6.07, 6.45) is 0.461. The molecular formula is C20H18N2O5. The highest BCUT2D eigenvalue weighted by Crippen LogP contribution is 2.34. The predicted octanol–water partition coefficient (Wildman–Crippen LogP) is 2.56. The minimum Gasteiger partial charge on any atom is -0.454 e. The number of amides is 3. The number of anilines is 1. The maximum atomic E-state index is 12.5. The van der Waals surface area contributed by atoms with Crippen LogP contribution in [0.4, 0.5) is 5.69 Å². The van der Waals surface area contributed by atoms with Crippen LogP contribution in [0.25, 0.3) is 0 Å². The smallest absolute Gasteiger partial charge is 0.251 e. The van der Waals surface area contributed by atoms with Crippen molar-refractivity contribution >= 4 is 23.4 Å². The molecule has 0 bridgehead atoms. The molecule has 2 heterocycles. The lowest BCUT2D eigenvalue weighted by atomic mass is 10.1. The molecule has 0 radical (unpaired) electrons. The van der Waals surface area contributed by atoms with Crippen molar-refractivity contribution in [3.8, 4) is 11.5 Å². The molecule has 3 amide bonds. The van der Waals surface area contributed by atoms with Gasteiger partial charge in [-0.2, -0.15) is 0 Å². The van der Waals surface area contributed by atoms with Gasteiger partial charge in [0.05, 0.1) is 11.7 Å².